The zero-order valence-electron chi connectivity index (χ0n) is 10.7. The highest BCUT2D eigenvalue weighted by atomic mass is 17.2. The lowest BCUT2D eigenvalue weighted by Gasteiger charge is -2.16. The lowest BCUT2D eigenvalue weighted by atomic mass is 9.95. The fraction of sp³-hybridized carbons (Fsp3) is 0.214. The Morgan fingerprint density at radius 1 is 1.19 bits per heavy atom. The molecule has 0 radical (unpaired) electrons. The first kappa shape index (κ1) is 13.6. The highest BCUT2D eigenvalue weighted by molar-refractivity contribution is 6.01. The number of nitrogens with zero attached hydrogens (tertiary/aromatic N) is 1. The van der Waals surface area contributed by atoms with Crippen molar-refractivity contribution in [1.82, 2.24) is 0 Å². The second-order valence-corrected chi connectivity index (χ2v) is 4.70. The van der Waals surface area contributed by atoms with Gasteiger partial charge in [0.25, 0.3) is 5.69 Å². The predicted octanol–water partition coefficient (Wildman–Crippen LogP) is 1.39. The minimum Gasteiger partial charge on any atom is -0.384 e. The smallest absolute Gasteiger partial charge is 0.269 e. The van der Waals surface area contributed by atoms with Crippen molar-refractivity contribution in [3.8, 4) is 0 Å². The highest BCUT2D eigenvalue weighted by Crippen LogP contribution is 2.30. The standard InChI is InChI=1S/C14H11NO6/c16-13(8-1-3-9(4-2-8)15(18)19)11-7-10-5-6-12(14(11)17)21-20-10/h1-7,10,12-13,16H/t10-,12-,13-/m1/s1. The SMILES string of the molecule is O=C1C([C@H](O)c2ccc([N+](=O)[O-])cc2)=C[C@H]2C=C[C@H]1OO2. The Bertz CT molecular complexity index is 648. The van der Waals surface area contributed by atoms with Gasteiger partial charge in [0, 0.05) is 17.7 Å². The third-order valence-corrected chi connectivity index (χ3v) is 3.35. The highest BCUT2D eigenvalue weighted by Gasteiger charge is 2.34. The zero-order chi connectivity index (χ0) is 15.0. The molecule has 1 N–H and O–H groups in total. The molecule has 1 aliphatic carbocycles. The maximum Gasteiger partial charge on any atom is 0.269 e. The minimum absolute atomic E-state index is 0.0828. The summed E-state index contributed by atoms with van der Waals surface area (Å²) in [6.07, 6.45) is 2.13. The molecule has 0 fully saturated rings. The summed E-state index contributed by atoms with van der Waals surface area (Å²) in [5, 5.41) is 20.9. The molecule has 0 amide bonds. The van der Waals surface area contributed by atoms with E-state index in [4.69, 9.17) is 9.78 Å². The molecule has 7 nitrogen and oxygen atoms in total. The average molecular weight is 289 g/mol. The number of rotatable bonds is 3. The Morgan fingerprint density at radius 3 is 2.48 bits per heavy atom. The Kier molecular flexibility index (Phi) is 3.38. The van der Waals surface area contributed by atoms with Crippen LogP contribution in [0.1, 0.15) is 11.7 Å². The first-order valence-corrected chi connectivity index (χ1v) is 6.25. The molecule has 3 atom stereocenters. The number of ketones is 1. The van der Waals surface area contributed by atoms with E-state index in [0.29, 0.717) is 5.56 Å². The first-order chi connectivity index (χ1) is 10.1. The summed E-state index contributed by atoms with van der Waals surface area (Å²) in [6.45, 7) is 0. The van der Waals surface area contributed by atoms with Gasteiger partial charge in [-0.25, -0.2) is 9.78 Å². The van der Waals surface area contributed by atoms with Gasteiger partial charge in [-0.2, -0.15) is 0 Å². The molecule has 0 spiro atoms. The van der Waals surface area contributed by atoms with Crippen molar-refractivity contribution in [2.45, 2.75) is 18.3 Å². The van der Waals surface area contributed by atoms with Crippen molar-refractivity contribution < 1.29 is 24.6 Å². The van der Waals surface area contributed by atoms with Crippen LogP contribution >= 0.6 is 0 Å². The van der Waals surface area contributed by atoms with Crippen molar-refractivity contribution >= 4 is 11.5 Å². The van der Waals surface area contributed by atoms with Crippen LogP contribution in [0.2, 0.25) is 0 Å². The number of fused-ring (bicyclic) bond motifs is 2. The van der Waals surface area contributed by atoms with E-state index in [2.05, 4.69) is 0 Å². The lowest BCUT2D eigenvalue weighted by molar-refractivity contribution is -0.384. The number of benzene rings is 1. The predicted molar refractivity (Wildman–Crippen MR) is 70.0 cm³/mol. The van der Waals surface area contributed by atoms with Crippen molar-refractivity contribution in [3.05, 3.63) is 63.7 Å². The van der Waals surface area contributed by atoms with Crippen LogP contribution in [0.5, 0.6) is 0 Å². The molecular formula is C14H11NO6. The number of aliphatic hydroxyl groups is 1. The molecule has 108 valence electrons. The van der Waals surface area contributed by atoms with E-state index in [1.807, 2.05) is 0 Å². The topological polar surface area (TPSA) is 98.9 Å². The summed E-state index contributed by atoms with van der Waals surface area (Å²) in [6, 6.07) is 5.39. The maximum atomic E-state index is 12.2. The van der Waals surface area contributed by atoms with Gasteiger partial charge in [-0.3, -0.25) is 14.9 Å². The number of non-ortho nitro benzene ring substituents is 1. The number of carbonyl (C=O) groups excluding carboxylic acids is 1. The molecule has 0 unspecified atom stereocenters. The largest absolute Gasteiger partial charge is 0.384 e. The number of Topliss-reactive ketones (excluding diaryl/α,β-unsaturated/α-hetero) is 1. The van der Waals surface area contributed by atoms with Crippen molar-refractivity contribution in [2.24, 2.45) is 0 Å². The molecule has 2 heterocycles. The van der Waals surface area contributed by atoms with Gasteiger partial charge in [-0.1, -0.05) is 0 Å². The van der Waals surface area contributed by atoms with E-state index < -0.39 is 29.0 Å². The lowest BCUT2D eigenvalue weighted by Crippen LogP contribution is -2.26. The van der Waals surface area contributed by atoms with E-state index >= 15 is 0 Å². The molecule has 0 saturated carbocycles. The van der Waals surface area contributed by atoms with Crippen LogP contribution in [0.4, 0.5) is 5.69 Å². The Balaban J connectivity index is 1.89. The normalized spacial score (nSPS) is 25.4. The van der Waals surface area contributed by atoms with Crippen molar-refractivity contribution in [3.63, 3.8) is 0 Å². The van der Waals surface area contributed by atoms with Crippen LogP contribution in [0.3, 0.4) is 0 Å². The number of hydrogen-bond donors (Lipinski definition) is 1. The molecule has 7 heteroatoms. The molecule has 4 rings (SSSR count). The quantitative estimate of drug-likeness (QED) is 0.391. The van der Waals surface area contributed by atoms with Crippen LogP contribution in [0.25, 0.3) is 0 Å². The van der Waals surface area contributed by atoms with Crippen LogP contribution in [0, 0.1) is 10.1 Å². The van der Waals surface area contributed by atoms with Crippen LogP contribution in [-0.4, -0.2) is 28.0 Å². The molecule has 2 bridgehead atoms. The zero-order valence-corrected chi connectivity index (χ0v) is 10.7. The van der Waals surface area contributed by atoms with Gasteiger partial charge in [0.1, 0.15) is 12.2 Å². The van der Waals surface area contributed by atoms with E-state index in [9.17, 15) is 20.0 Å². The van der Waals surface area contributed by atoms with Crippen LogP contribution < -0.4 is 0 Å². The third kappa shape index (κ3) is 2.49. The van der Waals surface area contributed by atoms with E-state index in [0.717, 1.165) is 0 Å². The molecular weight excluding hydrogens is 278 g/mol. The molecule has 1 aromatic rings. The number of aliphatic hydroxyl groups excluding tert-OH is 1. The average Bonchev–Trinajstić information content (AvgIpc) is 2.76. The summed E-state index contributed by atoms with van der Waals surface area (Å²) in [4.78, 5) is 32.1. The van der Waals surface area contributed by atoms with E-state index in [-0.39, 0.29) is 11.3 Å². The summed E-state index contributed by atoms with van der Waals surface area (Å²) in [5.41, 5.74) is 0.461. The van der Waals surface area contributed by atoms with Gasteiger partial charge >= 0.3 is 0 Å². The first-order valence-electron chi connectivity index (χ1n) is 6.25. The number of nitro benzene ring substituents is 1. The molecule has 21 heavy (non-hydrogen) atoms. The number of hydrogen-bond acceptors (Lipinski definition) is 6. The van der Waals surface area contributed by atoms with Crippen LogP contribution in [-0.2, 0) is 14.6 Å². The summed E-state index contributed by atoms with van der Waals surface area (Å²) >= 11 is 0. The third-order valence-electron chi connectivity index (χ3n) is 3.35. The second kappa shape index (κ2) is 5.21. The van der Waals surface area contributed by atoms with Gasteiger partial charge in [0.15, 0.2) is 11.9 Å². The van der Waals surface area contributed by atoms with Crippen LogP contribution in [0.15, 0.2) is 48.1 Å². The Morgan fingerprint density at radius 2 is 1.90 bits per heavy atom. The van der Waals surface area contributed by atoms with E-state index in [1.54, 1.807) is 12.2 Å². The summed E-state index contributed by atoms with van der Waals surface area (Å²) in [5.74, 6) is -0.392. The van der Waals surface area contributed by atoms with Gasteiger partial charge in [0.2, 0.25) is 0 Å². The molecule has 3 aliphatic rings. The van der Waals surface area contributed by atoms with E-state index in [1.165, 1.54) is 30.3 Å². The fourth-order valence-electron chi connectivity index (χ4n) is 2.22. The molecule has 1 aromatic carbocycles. The fourth-order valence-corrected chi connectivity index (χ4v) is 2.22. The number of nitro groups is 1. The van der Waals surface area contributed by atoms with Gasteiger partial charge in [-0.05, 0) is 35.9 Å². The number of carbonyl (C=O) groups is 1. The second-order valence-electron chi connectivity index (χ2n) is 4.70. The van der Waals surface area contributed by atoms with Gasteiger partial charge < -0.3 is 5.11 Å². The molecule has 0 saturated heterocycles. The maximum absolute atomic E-state index is 12.2. The Hall–Kier alpha value is -2.35. The van der Waals surface area contributed by atoms with Gasteiger partial charge in [0.05, 0.1) is 4.92 Å². The summed E-state index contributed by atoms with van der Waals surface area (Å²) in [7, 11) is 0. The monoisotopic (exact) mass is 289 g/mol. The minimum atomic E-state index is -1.19. The summed E-state index contributed by atoms with van der Waals surface area (Å²) < 4.78 is 0. The molecule has 0 aromatic heterocycles. The Labute approximate surface area is 119 Å². The molecule has 2 aliphatic heterocycles. The van der Waals surface area contributed by atoms with Gasteiger partial charge in [-0.15, -0.1) is 0 Å². The van der Waals surface area contributed by atoms with Crippen molar-refractivity contribution in [2.75, 3.05) is 0 Å². The van der Waals surface area contributed by atoms with Crippen molar-refractivity contribution in [1.29, 1.82) is 0 Å².